The van der Waals surface area contributed by atoms with Crippen molar-refractivity contribution in [2.75, 3.05) is 7.05 Å². The molecule has 0 fully saturated rings. The molecule has 0 saturated carbocycles. The number of aliphatic hydroxyl groups excluding tert-OH is 1. The van der Waals surface area contributed by atoms with E-state index in [4.69, 9.17) is 4.74 Å². The Kier molecular flexibility index (Phi) is 5.86. The van der Waals surface area contributed by atoms with Crippen LogP contribution < -0.4 is 4.74 Å². The van der Waals surface area contributed by atoms with Gasteiger partial charge >= 0.3 is 0 Å². The molecule has 0 radical (unpaired) electrons. The lowest BCUT2D eigenvalue weighted by Gasteiger charge is -2.18. The first-order valence-electron chi connectivity index (χ1n) is 7.41. The molecule has 0 bridgehead atoms. The Labute approximate surface area is 131 Å². The van der Waals surface area contributed by atoms with E-state index in [2.05, 4.69) is 14.9 Å². The summed E-state index contributed by atoms with van der Waals surface area (Å²) in [4.78, 5) is 10.5. The van der Waals surface area contributed by atoms with E-state index in [1.165, 1.54) is 0 Å². The van der Waals surface area contributed by atoms with Crippen LogP contribution in [0.2, 0.25) is 0 Å². The first-order valence-corrected chi connectivity index (χ1v) is 7.41. The van der Waals surface area contributed by atoms with E-state index in [0.29, 0.717) is 0 Å². The van der Waals surface area contributed by atoms with Gasteiger partial charge in [0, 0.05) is 37.2 Å². The Morgan fingerprint density at radius 1 is 1.23 bits per heavy atom. The summed E-state index contributed by atoms with van der Waals surface area (Å²) in [5, 5.41) is 9.51. The average molecular weight is 301 g/mol. The Morgan fingerprint density at radius 3 is 2.68 bits per heavy atom. The molecule has 118 valence electrons. The van der Waals surface area contributed by atoms with Crippen LogP contribution in [-0.2, 0) is 19.7 Å². The first kappa shape index (κ1) is 16.4. The van der Waals surface area contributed by atoms with Gasteiger partial charge in [0.1, 0.15) is 5.75 Å². The van der Waals surface area contributed by atoms with E-state index < -0.39 is 0 Å². The second-order valence-electron chi connectivity index (χ2n) is 5.64. The molecular weight excluding hydrogens is 278 g/mol. The van der Waals surface area contributed by atoms with Gasteiger partial charge in [-0.1, -0.05) is 6.07 Å². The highest BCUT2D eigenvalue weighted by atomic mass is 16.5. The van der Waals surface area contributed by atoms with Gasteiger partial charge in [0.25, 0.3) is 0 Å². The molecule has 1 aromatic carbocycles. The third-order valence-corrected chi connectivity index (χ3v) is 3.16. The van der Waals surface area contributed by atoms with E-state index in [1.807, 2.05) is 39.1 Å². The zero-order valence-corrected chi connectivity index (χ0v) is 13.4. The highest BCUT2D eigenvalue weighted by Crippen LogP contribution is 2.22. The van der Waals surface area contributed by atoms with E-state index >= 15 is 0 Å². The van der Waals surface area contributed by atoms with Gasteiger partial charge in [-0.15, -0.1) is 0 Å². The molecule has 22 heavy (non-hydrogen) atoms. The molecule has 0 amide bonds. The van der Waals surface area contributed by atoms with Crippen molar-refractivity contribution in [2.24, 2.45) is 0 Å². The molecule has 1 heterocycles. The molecule has 5 heteroatoms. The van der Waals surface area contributed by atoms with E-state index in [0.717, 1.165) is 35.7 Å². The molecule has 2 rings (SSSR count). The van der Waals surface area contributed by atoms with Crippen molar-refractivity contribution in [3.63, 3.8) is 0 Å². The Bertz CT molecular complexity index is 588. The third-order valence-electron chi connectivity index (χ3n) is 3.16. The quantitative estimate of drug-likeness (QED) is 0.851. The maximum atomic E-state index is 9.51. The molecule has 0 aliphatic carbocycles. The predicted molar refractivity (Wildman–Crippen MR) is 85.3 cm³/mol. The van der Waals surface area contributed by atoms with Crippen LogP contribution in [0.15, 0.2) is 36.8 Å². The second-order valence-corrected chi connectivity index (χ2v) is 5.64. The minimum absolute atomic E-state index is 0.0240. The zero-order valence-electron chi connectivity index (χ0n) is 13.4. The largest absolute Gasteiger partial charge is 0.491 e. The molecule has 0 unspecified atom stereocenters. The summed E-state index contributed by atoms with van der Waals surface area (Å²) in [6.45, 7) is 5.43. The van der Waals surface area contributed by atoms with Gasteiger partial charge in [-0.3, -0.25) is 14.9 Å². The maximum Gasteiger partial charge on any atom is 0.125 e. The number of hydrogen-bond donors (Lipinski definition) is 1. The lowest BCUT2D eigenvalue weighted by atomic mass is 10.1. The lowest BCUT2D eigenvalue weighted by molar-refractivity contribution is 0.225. The Morgan fingerprint density at radius 2 is 2.05 bits per heavy atom. The molecule has 1 aromatic heterocycles. The molecule has 2 aromatic rings. The van der Waals surface area contributed by atoms with Crippen molar-refractivity contribution in [3.05, 3.63) is 53.6 Å². The number of nitrogens with zero attached hydrogens (tertiary/aromatic N) is 3. The Balaban J connectivity index is 2.03. The topological polar surface area (TPSA) is 58.5 Å². The summed E-state index contributed by atoms with van der Waals surface area (Å²) >= 11 is 0. The average Bonchev–Trinajstić information content (AvgIpc) is 2.49. The number of aromatic nitrogens is 2. The molecule has 0 aliphatic heterocycles. The van der Waals surface area contributed by atoms with Gasteiger partial charge < -0.3 is 9.84 Å². The molecule has 1 N–H and O–H groups in total. The first-order chi connectivity index (χ1) is 10.6. The highest BCUT2D eigenvalue weighted by molar-refractivity contribution is 5.37. The van der Waals surface area contributed by atoms with Gasteiger partial charge in [-0.05, 0) is 38.6 Å². The van der Waals surface area contributed by atoms with Crippen LogP contribution in [0.3, 0.4) is 0 Å². The van der Waals surface area contributed by atoms with Crippen molar-refractivity contribution in [2.45, 2.75) is 39.6 Å². The number of rotatable bonds is 7. The van der Waals surface area contributed by atoms with Crippen LogP contribution in [0.4, 0.5) is 0 Å². The fourth-order valence-electron chi connectivity index (χ4n) is 2.28. The van der Waals surface area contributed by atoms with Crippen LogP contribution in [0, 0.1) is 0 Å². The monoisotopic (exact) mass is 301 g/mol. The molecular formula is C17H23N3O2. The zero-order chi connectivity index (χ0) is 15.9. The van der Waals surface area contributed by atoms with Crippen LogP contribution >= 0.6 is 0 Å². The summed E-state index contributed by atoms with van der Waals surface area (Å²) in [5.74, 6) is 0.748. The van der Waals surface area contributed by atoms with Crippen molar-refractivity contribution in [1.29, 1.82) is 0 Å². The van der Waals surface area contributed by atoms with Gasteiger partial charge in [0.05, 0.1) is 18.4 Å². The van der Waals surface area contributed by atoms with Crippen molar-refractivity contribution < 1.29 is 9.84 Å². The standard InChI is InChI=1S/C17H23N3O2/c1-13(2)22-17-5-4-14(8-15(17)12-21)10-20(3)11-16-9-18-6-7-19-16/h4-9,13,21H,10-12H2,1-3H3. The molecule has 0 aliphatic rings. The fourth-order valence-corrected chi connectivity index (χ4v) is 2.28. The van der Waals surface area contributed by atoms with Gasteiger partial charge in [-0.25, -0.2) is 0 Å². The van der Waals surface area contributed by atoms with Crippen LogP contribution in [0.5, 0.6) is 5.75 Å². The number of hydrogen-bond acceptors (Lipinski definition) is 5. The van der Waals surface area contributed by atoms with Crippen molar-refractivity contribution >= 4 is 0 Å². The SMILES string of the molecule is CC(C)Oc1ccc(CN(C)Cc2cnccn2)cc1CO. The van der Waals surface area contributed by atoms with Gasteiger partial charge in [0.15, 0.2) is 0 Å². The van der Waals surface area contributed by atoms with E-state index in [1.54, 1.807) is 18.6 Å². The van der Waals surface area contributed by atoms with Crippen LogP contribution in [-0.4, -0.2) is 33.1 Å². The van der Waals surface area contributed by atoms with E-state index in [9.17, 15) is 5.11 Å². The number of benzene rings is 1. The molecule has 0 spiro atoms. The van der Waals surface area contributed by atoms with Gasteiger partial charge in [-0.2, -0.15) is 0 Å². The van der Waals surface area contributed by atoms with Crippen LogP contribution in [0.1, 0.15) is 30.7 Å². The summed E-state index contributed by atoms with van der Waals surface area (Å²) < 4.78 is 5.70. The minimum atomic E-state index is -0.0240. The summed E-state index contributed by atoms with van der Waals surface area (Å²) in [6.07, 6.45) is 5.24. The summed E-state index contributed by atoms with van der Waals surface area (Å²) in [7, 11) is 2.03. The van der Waals surface area contributed by atoms with Crippen LogP contribution in [0.25, 0.3) is 0 Å². The predicted octanol–water partition coefficient (Wildman–Crippen LogP) is 2.39. The molecule has 0 atom stereocenters. The number of aliphatic hydroxyl groups is 1. The maximum absolute atomic E-state index is 9.51. The second kappa shape index (κ2) is 7.87. The van der Waals surface area contributed by atoms with Crippen molar-refractivity contribution in [3.8, 4) is 5.75 Å². The molecule has 5 nitrogen and oxygen atoms in total. The normalized spacial score (nSPS) is 11.2. The van der Waals surface area contributed by atoms with Crippen molar-refractivity contribution in [1.82, 2.24) is 14.9 Å². The Hall–Kier alpha value is -1.98. The third kappa shape index (κ3) is 4.79. The highest BCUT2D eigenvalue weighted by Gasteiger charge is 2.08. The van der Waals surface area contributed by atoms with E-state index in [-0.39, 0.29) is 12.7 Å². The minimum Gasteiger partial charge on any atom is -0.491 e. The lowest BCUT2D eigenvalue weighted by Crippen LogP contribution is -2.18. The number of ether oxygens (including phenoxy) is 1. The van der Waals surface area contributed by atoms with Gasteiger partial charge in [0.2, 0.25) is 0 Å². The fraction of sp³-hybridized carbons (Fsp3) is 0.412. The summed E-state index contributed by atoms with van der Waals surface area (Å²) in [5.41, 5.74) is 2.89. The summed E-state index contributed by atoms with van der Waals surface area (Å²) in [6, 6.07) is 5.95. The smallest absolute Gasteiger partial charge is 0.125 e. The molecule has 0 saturated heterocycles.